The molecule has 1 heterocycles. The van der Waals surface area contributed by atoms with E-state index < -0.39 is 0 Å². The topological polar surface area (TPSA) is 29.1 Å². The molecule has 2 aliphatic rings. The molecule has 1 unspecified atom stereocenters. The van der Waals surface area contributed by atoms with Gasteiger partial charge in [-0.3, -0.25) is 4.79 Å². The molecule has 0 bridgehead atoms. The van der Waals surface area contributed by atoms with Gasteiger partial charge in [0.1, 0.15) is 0 Å². The van der Waals surface area contributed by atoms with Gasteiger partial charge in [-0.25, -0.2) is 0 Å². The maximum Gasteiger partial charge on any atom is 0.251 e. The molecular formula is C18H25NO. The molecule has 108 valence electrons. The number of benzene rings is 1. The molecule has 1 saturated carbocycles. The highest BCUT2D eigenvalue weighted by Gasteiger charge is 2.26. The van der Waals surface area contributed by atoms with Crippen LogP contribution in [-0.4, -0.2) is 12.5 Å². The molecule has 3 rings (SSSR count). The summed E-state index contributed by atoms with van der Waals surface area (Å²) in [6, 6.07) is 6.71. The summed E-state index contributed by atoms with van der Waals surface area (Å²) in [5.41, 5.74) is 3.60. The Morgan fingerprint density at radius 1 is 1.20 bits per heavy atom. The molecule has 2 heteroatoms. The Hall–Kier alpha value is -1.31. The zero-order chi connectivity index (χ0) is 13.9. The van der Waals surface area contributed by atoms with Crippen LogP contribution < -0.4 is 5.32 Å². The molecule has 2 nitrogen and oxygen atoms in total. The van der Waals surface area contributed by atoms with Crippen LogP contribution in [0.5, 0.6) is 0 Å². The average Bonchev–Trinajstić information content (AvgIpc) is 2.51. The van der Waals surface area contributed by atoms with Gasteiger partial charge < -0.3 is 5.32 Å². The third-order valence-electron chi connectivity index (χ3n) is 4.98. The van der Waals surface area contributed by atoms with Crippen molar-refractivity contribution >= 4 is 5.91 Å². The monoisotopic (exact) mass is 271 g/mol. The lowest BCUT2D eigenvalue weighted by molar-refractivity contribution is 0.0939. The van der Waals surface area contributed by atoms with Crippen LogP contribution in [0.2, 0.25) is 0 Å². The molecule has 1 aliphatic carbocycles. The lowest BCUT2D eigenvalue weighted by Crippen LogP contribution is -2.35. The van der Waals surface area contributed by atoms with Crippen LogP contribution >= 0.6 is 0 Å². The minimum atomic E-state index is 0.130. The fraction of sp³-hybridized carbons (Fsp3) is 0.611. The van der Waals surface area contributed by atoms with Crippen LogP contribution in [-0.2, 0) is 0 Å². The second-order valence-corrected chi connectivity index (χ2v) is 6.38. The van der Waals surface area contributed by atoms with Gasteiger partial charge in [-0.2, -0.15) is 0 Å². The van der Waals surface area contributed by atoms with Gasteiger partial charge in [0.2, 0.25) is 0 Å². The van der Waals surface area contributed by atoms with E-state index in [9.17, 15) is 4.79 Å². The van der Waals surface area contributed by atoms with Crippen LogP contribution in [0.1, 0.15) is 85.2 Å². The lowest BCUT2D eigenvalue weighted by Gasteiger charge is -2.28. The molecule has 1 atom stereocenters. The highest BCUT2D eigenvalue weighted by Crippen LogP contribution is 2.35. The highest BCUT2D eigenvalue weighted by atomic mass is 16.1. The Morgan fingerprint density at radius 3 is 2.75 bits per heavy atom. The van der Waals surface area contributed by atoms with Gasteiger partial charge in [0.15, 0.2) is 0 Å². The number of carbonyl (C=O) groups is 1. The number of hydrogen-bond acceptors (Lipinski definition) is 1. The first-order valence-corrected chi connectivity index (χ1v) is 8.21. The zero-order valence-electron chi connectivity index (χ0n) is 12.5. The van der Waals surface area contributed by atoms with E-state index in [1.807, 2.05) is 0 Å². The molecule has 1 amide bonds. The molecule has 1 aromatic carbocycles. The number of rotatable bonds is 3. The van der Waals surface area contributed by atoms with E-state index in [1.54, 1.807) is 0 Å². The van der Waals surface area contributed by atoms with Gasteiger partial charge in [0, 0.05) is 18.0 Å². The van der Waals surface area contributed by atoms with Gasteiger partial charge >= 0.3 is 0 Å². The maximum absolute atomic E-state index is 12.2. The van der Waals surface area contributed by atoms with E-state index in [4.69, 9.17) is 0 Å². The van der Waals surface area contributed by atoms with Gasteiger partial charge in [0.25, 0.3) is 5.91 Å². The van der Waals surface area contributed by atoms with Crippen LogP contribution in [0, 0.1) is 0 Å². The first-order valence-electron chi connectivity index (χ1n) is 8.21. The van der Waals surface area contributed by atoms with Crippen molar-refractivity contribution in [2.75, 3.05) is 6.54 Å². The maximum atomic E-state index is 12.2. The average molecular weight is 271 g/mol. The summed E-state index contributed by atoms with van der Waals surface area (Å²) in [5.74, 6) is 1.31. The van der Waals surface area contributed by atoms with Gasteiger partial charge in [0.05, 0.1) is 0 Å². The van der Waals surface area contributed by atoms with Crippen LogP contribution in [0.25, 0.3) is 0 Å². The van der Waals surface area contributed by atoms with Crippen molar-refractivity contribution in [1.82, 2.24) is 5.32 Å². The van der Waals surface area contributed by atoms with E-state index in [1.165, 1.54) is 49.7 Å². The Balaban J connectivity index is 1.89. The highest BCUT2D eigenvalue weighted by molar-refractivity contribution is 5.97. The van der Waals surface area contributed by atoms with Crippen molar-refractivity contribution in [3.63, 3.8) is 0 Å². The van der Waals surface area contributed by atoms with Crippen molar-refractivity contribution < 1.29 is 4.79 Å². The lowest BCUT2D eigenvalue weighted by atomic mass is 9.80. The summed E-state index contributed by atoms with van der Waals surface area (Å²) in [6.07, 6.45) is 8.97. The second kappa shape index (κ2) is 5.99. The zero-order valence-corrected chi connectivity index (χ0v) is 12.5. The Kier molecular flexibility index (Phi) is 4.09. The van der Waals surface area contributed by atoms with Gasteiger partial charge in [-0.15, -0.1) is 0 Å². The van der Waals surface area contributed by atoms with Crippen molar-refractivity contribution in [2.45, 2.75) is 63.7 Å². The molecule has 0 spiro atoms. The minimum Gasteiger partial charge on any atom is -0.351 e. The molecule has 1 fully saturated rings. The number of carbonyl (C=O) groups excluding carboxylic acids is 1. The number of fused-ring (bicyclic) bond motifs is 1. The molecule has 0 radical (unpaired) electrons. The van der Waals surface area contributed by atoms with E-state index in [2.05, 4.69) is 30.4 Å². The molecular weight excluding hydrogens is 246 g/mol. The first kappa shape index (κ1) is 13.7. The Bertz CT molecular complexity index is 488. The summed E-state index contributed by atoms with van der Waals surface area (Å²) >= 11 is 0. The molecule has 0 aromatic heterocycles. The summed E-state index contributed by atoms with van der Waals surface area (Å²) in [5, 5.41) is 3.06. The third kappa shape index (κ3) is 2.61. The van der Waals surface area contributed by atoms with Crippen LogP contribution in [0.15, 0.2) is 18.2 Å². The molecule has 1 N–H and O–H groups in total. The van der Waals surface area contributed by atoms with E-state index in [0.717, 1.165) is 18.5 Å². The molecule has 1 aliphatic heterocycles. The van der Waals surface area contributed by atoms with Gasteiger partial charge in [-0.05, 0) is 42.4 Å². The fourth-order valence-electron chi connectivity index (χ4n) is 3.84. The fourth-order valence-corrected chi connectivity index (χ4v) is 3.84. The predicted octanol–water partition coefficient (Wildman–Crippen LogP) is 4.36. The van der Waals surface area contributed by atoms with Crippen LogP contribution in [0.3, 0.4) is 0 Å². The predicted molar refractivity (Wildman–Crippen MR) is 82.3 cm³/mol. The Labute approximate surface area is 122 Å². The van der Waals surface area contributed by atoms with Crippen molar-refractivity contribution in [3.8, 4) is 0 Å². The largest absolute Gasteiger partial charge is 0.351 e. The standard InChI is InChI=1S/C18H25NO/c1-2-6-15-12-19-18(20)17-11-14(9-10-16(15)17)13-7-4-3-5-8-13/h9-11,13,15H,2-8,12H2,1H3,(H,19,20). The normalized spacial score (nSPS) is 23.2. The van der Waals surface area contributed by atoms with Crippen molar-refractivity contribution in [2.24, 2.45) is 0 Å². The third-order valence-corrected chi connectivity index (χ3v) is 4.98. The van der Waals surface area contributed by atoms with E-state index in [-0.39, 0.29) is 5.91 Å². The number of amides is 1. The summed E-state index contributed by atoms with van der Waals surface area (Å²) in [7, 11) is 0. The first-order chi connectivity index (χ1) is 9.79. The van der Waals surface area contributed by atoms with Crippen molar-refractivity contribution in [3.05, 3.63) is 34.9 Å². The summed E-state index contributed by atoms with van der Waals surface area (Å²) < 4.78 is 0. The summed E-state index contributed by atoms with van der Waals surface area (Å²) in [4.78, 5) is 12.2. The number of nitrogens with one attached hydrogen (secondary N) is 1. The van der Waals surface area contributed by atoms with Crippen molar-refractivity contribution in [1.29, 1.82) is 0 Å². The molecule has 20 heavy (non-hydrogen) atoms. The summed E-state index contributed by atoms with van der Waals surface area (Å²) in [6.45, 7) is 3.02. The quantitative estimate of drug-likeness (QED) is 0.869. The Morgan fingerprint density at radius 2 is 2.00 bits per heavy atom. The SMILES string of the molecule is CCCC1CNC(=O)c2cc(C3CCCCC3)ccc21. The van der Waals surface area contributed by atoms with E-state index >= 15 is 0 Å². The molecule has 0 saturated heterocycles. The second-order valence-electron chi connectivity index (χ2n) is 6.38. The smallest absolute Gasteiger partial charge is 0.251 e. The van der Waals surface area contributed by atoms with Gasteiger partial charge in [-0.1, -0.05) is 44.7 Å². The molecule has 1 aromatic rings. The van der Waals surface area contributed by atoms with Crippen LogP contribution in [0.4, 0.5) is 0 Å². The van der Waals surface area contributed by atoms with E-state index in [0.29, 0.717) is 11.8 Å². The number of hydrogen-bond donors (Lipinski definition) is 1. The minimum absolute atomic E-state index is 0.130.